The topological polar surface area (TPSA) is 75.4 Å². The van der Waals surface area contributed by atoms with Gasteiger partial charge in [-0.25, -0.2) is 4.79 Å². The Labute approximate surface area is 149 Å². The van der Waals surface area contributed by atoms with Crippen LogP contribution in [0.15, 0.2) is 0 Å². The number of aliphatic carboxylic acids is 1. The molecule has 2 aliphatic rings. The Kier molecular flexibility index (Phi) is 4.89. The molecule has 3 unspecified atom stereocenters. The van der Waals surface area contributed by atoms with E-state index in [1.54, 1.807) is 4.90 Å². The van der Waals surface area contributed by atoms with Gasteiger partial charge in [0.25, 0.3) is 0 Å². The molecule has 6 heteroatoms. The van der Waals surface area contributed by atoms with Crippen molar-refractivity contribution >= 4 is 11.9 Å². The number of carbonyl (C=O) groups is 2. The molecule has 3 rings (SSSR count). The van der Waals surface area contributed by atoms with Crippen molar-refractivity contribution < 1.29 is 14.7 Å². The Hall–Kier alpha value is -1.85. The second-order valence-electron chi connectivity index (χ2n) is 8.09. The first-order valence-corrected chi connectivity index (χ1v) is 9.34. The minimum absolute atomic E-state index is 0.0721. The molecule has 6 nitrogen and oxygen atoms in total. The second kappa shape index (κ2) is 6.81. The van der Waals surface area contributed by atoms with Gasteiger partial charge in [-0.15, -0.1) is 0 Å². The van der Waals surface area contributed by atoms with Crippen molar-refractivity contribution in [3.63, 3.8) is 0 Å². The first-order valence-electron chi connectivity index (χ1n) is 9.34. The number of carboxylic acids is 1. The molecule has 1 aliphatic heterocycles. The molecule has 2 heterocycles. The van der Waals surface area contributed by atoms with E-state index in [9.17, 15) is 14.7 Å². The summed E-state index contributed by atoms with van der Waals surface area (Å²) >= 11 is 0. The zero-order valence-electron chi connectivity index (χ0n) is 15.7. The highest BCUT2D eigenvalue weighted by Crippen LogP contribution is 2.42. The fraction of sp³-hybridized carbons (Fsp3) is 0.737. The third kappa shape index (κ3) is 3.31. The summed E-state index contributed by atoms with van der Waals surface area (Å²) in [4.78, 5) is 26.3. The van der Waals surface area contributed by atoms with Crippen LogP contribution in [-0.2, 0) is 22.6 Å². The number of nitrogens with zero attached hydrogens (tertiary/aromatic N) is 3. The van der Waals surface area contributed by atoms with Gasteiger partial charge < -0.3 is 10.0 Å². The largest absolute Gasteiger partial charge is 0.480 e. The van der Waals surface area contributed by atoms with Crippen molar-refractivity contribution in [2.45, 2.75) is 66.0 Å². The molecule has 0 aromatic carbocycles. The highest BCUT2D eigenvalue weighted by molar-refractivity contribution is 5.86. The van der Waals surface area contributed by atoms with Crippen molar-refractivity contribution in [3.05, 3.63) is 17.0 Å². The average molecular weight is 347 g/mol. The van der Waals surface area contributed by atoms with Gasteiger partial charge in [-0.2, -0.15) is 5.10 Å². The lowest BCUT2D eigenvalue weighted by molar-refractivity contribution is -0.149. The summed E-state index contributed by atoms with van der Waals surface area (Å²) in [6, 6.07) is -0.647. The van der Waals surface area contributed by atoms with Crippen LogP contribution >= 0.6 is 0 Å². The molecule has 138 valence electrons. The molecule has 1 aromatic rings. The summed E-state index contributed by atoms with van der Waals surface area (Å²) < 4.78 is 1.97. The maximum absolute atomic E-state index is 12.9. The monoisotopic (exact) mass is 347 g/mol. The smallest absolute Gasteiger partial charge is 0.326 e. The lowest BCUT2D eigenvalue weighted by Gasteiger charge is -2.24. The highest BCUT2D eigenvalue weighted by atomic mass is 16.4. The van der Waals surface area contributed by atoms with E-state index >= 15 is 0 Å². The molecule has 1 saturated heterocycles. The second-order valence-corrected chi connectivity index (χ2v) is 8.09. The summed E-state index contributed by atoms with van der Waals surface area (Å²) in [6.45, 7) is 9.63. The number of carbonyl (C=O) groups excluding carboxylic acids is 1. The third-order valence-corrected chi connectivity index (χ3v) is 5.86. The third-order valence-electron chi connectivity index (χ3n) is 5.86. The fourth-order valence-electron chi connectivity index (χ4n) is 4.64. The van der Waals surface area contributed by atoms with E-state index in [-0.39, 0.29) is 18.2 Å². The molecule has 1 N–H and O–H groups in total. The van der Waals surface area contributed by atoms with E-state index in [2.05, 4.69) is 18.9 Å². The van der Waals surface area contributed by atoms with Crippen molar-refractivity contribution in [2.75, 3.05) is 6.54 Å². The predicted octanol–water partition coefficient (Wildman–Crippen LogP) is 2.41. The normalized spacial score (nSPS) is 25.6. The number of aryl methyl sites for hydroxylation is 1. The minimum Gasteiger partial charge on any atom is -0.480 e. The molecule has 1 aromatic heterocycles. The summed E-state index contributed by atoms with van der Waals surface area (Å²) in [5, 5.41) is 14.2. The van der Waals surface area contributed by atoms with E-state index in [0.29, 0.717) is 18.4 Å². The van der Waals surface area contributed by atoms with E-state index in [1.165, 1.54) is 0 Å². The standard InChI is InChI=1S/C19H29N3O3/c1-11(2)9-22-13(4)16(12(3)20-22)8-17(23)21-10-14-6-5-7-15(14)18(21)19(24)25/h11,14-15,18H,5-10H2,1-4H3,(H,24,25). The van der Waals surface area contributed by atoms with Gasteiger partial charge in [-0.3, -0.25) is 9.48 Å². The van der Waals surface area contributed by atoms with Gasteiger partial charge in [0.15, 0.2) is 0 Å². The molecule has 3 atom stereocenters. The number of hydrogen-bond donors (Lipinski definition) is 1. The van der Waals surface area contributed by atoms with Crippen LogP contribution in [0.4, 0.5) is 0 Å². The number of fused-ring (bicyclic) bond motifs is 1. The van der Waals surface area contributed by atoms with Crippen LogP contribution in [0.25, 0.3) is 0 Å². The first kappa shape index (κ1) is 18.0. The lowest BCUT2D eigenvalue weighted by Crippen LogP contribution is -2.44. The molecule has 1 aliphatic carbocycles. The van der Waals surface area contributed by atoms with E-state index in [1.807, 2.05) is 18.5 Å². The Morgan fingerprint density at radius 3 is 2.64 bits per heavy atom. The van der Waals surface area contributed by atoms with Gasteiger partial charge >= 0.3 is 5.97 Å². The Balaban J connectivity index is 1.78. The van der Waals surface area contributed by atoms with Gasteiger partial charge in [-0.1, -0.05) is 20.3 Å². The van der Waals surface area contributed by atoms with Crippen LogP contribution in [0.2, 0.25) is 0 Å². The zero-order chi connectivity index (χ0) is 18.3. The number of likely N-dealkylation sites (tertiary alicyclic amines) is 1. The maximum Gasteiger partial charge on any atom is 0.326 e. The summed E-state index contributed by atoms with van der Waals surface area (Å²) in [5.41, 5.74) is 2.84. The highest BCUT2D eigenvalue weighted by Gasteiger charge is 2.49. The Morgan fingerprint density at radius 2 is 2.00 bits per heavy atom. The Bertz CT molecular complexity index is 680. The summed E-state index contributed by atoms with van der Waals surface area (Å²) in [6.07, 6.45) is 3.30. The van der Waals surface area contributed by atoms with Crippen LogP contribution < -0.4 is 0 Å². The molecular formula is C19H29N3O3. The zero-order valence-corrected chi connectivity index (χ0v) is 15.7. The quantitative estimate of drug-likeness (QED) is 0.887. The molecule has 0 bridgehead atoms. The van der Waals surface area contributed by atoms with Gasteiger partial charge in [0, 0.05) is 24.3 Å². The fourth-order valence-corrected chi connectivity index (χ4v) is 4.64. The van der Waals surface area contributed by atoms with Gasteiger partial charge in [0.1, 0.15) is 6.04 Å². The minimum atomic E-state index is -0.855. The van der Waals surface area contributed by atoms with Crippen molar-refractivity contribution in [3.8, 4) is 0 Å². The van der Waals surface area contributed by atoms with E-state index in [4.69, 9.17) is 0 Å². The Morgan fingerprint density at radius 1 is 1.28 bits per heavy atom. The molecule has 1 saturated carbocycles. The number of aromatic nitrogens is 2. The van der Waals surface area contributed by atoms with Crippen LogP contribution in [0.1, 0.15) is 50.1 Å². The van der Waals surface area contributed by atoms with Crippen LogP contribution in [0.5, 0.6) is 0 Å². The first-order chi connectivity index (χ1) is 11.8. The van der Waals surface area contributed by atoms with Crippen molar-refractivity contribution in [1.82, 2.24) is 14.7 Å². The molecule has 0 radical (unpaired) electrons. The van der Waals surface area contributed by atoms with Gasteiger partial charge in [0.2, 0.25) is 5.91 Å². The van der Waals surface area contributed by atoms with Crippen LogP contribution in [-0.4, -0.2) is 44.3 Å². The van der Waals surface area contributed by atoms with E-state index < -0.39 is 12.0 Å². The van der Waals surface area contributed by atoms with Gasteiger partial charge in [0.05, 0.1) is 12.1 Å². The molecule has 1 amide bonds. The summed E-state index contributed by atoms with van der Waals surface area (Å²) in [7, 11) is 0. The predicted molar refractivity (Wildman–Crippen MR) is 94.2 cm³/mol. The lowest BCUT2D eigenvalue weighted by atomic mass is 9.94. The number of carboxylic acid groups (broad SMARTS) is 1. The SMILES string of the molecule is Cc1nn(CC(C)C)c(C)c1CC(=O)N1CC2CCCC2C1C(=O)O. The maximum atomic E-state index is 12.9. The summed E-state index contributed by atoms with van der Waals surface area (Å²) in [5.74, 6) is 0.0444. The number of rotatable bonds is 5. The number of amides is 1. The van der Waals surface area contributed by atoms with Gasteiger partial charge in [-0.05, 0) is 44.4 Å². The molecular weight excluding hydrogens is 318 g/mol. The van der Waals surface area contributed by atoms with E-state index in [0.717, 1.165) is 42.8 Å². The number of hydrogen-bond acceptors (Lipinski definition) is 3. The van der Waals surface area contributed by atoms with Crippen molar-refractivity contribution in [2.24, 2.45) is 17.8 Å². The van der Waals surface area contributed by atoms with Crippen LogP contribution in [0.3, 0.4) is 0 Å². The van der Waals surface area contributed by atoms with Crippen molar-refractivity contribution in [1.29, 1.82) is 0 Å². The molecule has 25 heavy (non-hydrogen) atoms. The average Bonchev–Trinajstić information content (AvgIpc) is 3.15. The van der Waals surface area contributed by atoms with Crippen LogP contribution in [0, 0.1) is 31.6 Å². The molecule has 2 fully saturated rings. The molecule has 0 spiro atoms.